The second-order valence-corrected chi connectivity index (χ2v) is 5.49. The van der Waals surface area contributed by atoms with Crippen molar-refractivity contribution in [2.75, 3.05) is 6.61 Å². The van der Waals surface area contributed by atoms with Crippen molar-refractivity contribution in [3.05, 3.63) is 71.8 Å². The van der Waals surface area contributed by atoms with Crippen molar-refractivity contribution in [2.24, 2.45) is 5.16 Å². The number of cyclic esters (lactones) is 2. The Bertz CT molecular complexity index is 699. The van der Waals surface area contributed by atoms with Crippen LogP contribution in [0.4, 0.5) is 4.79 Å². The lowest BCUT2D eigenvalue weighted by Crippen LogP contribution is -2.45. The number of ether oxygens (including phenoxy) is 2. The quantitative estimate of drug-likeness (QED) is 0.639. The molecule has 0 amide bonds. The maximum absolute atomic E-state index is 11.4. The number of oxime groups is 1. The van der Waals surface area contributed by atoms with E-state index in [4.69, 9.17) is 14.3 Å². The number of carbonyl (C=O) groups is 1. The maximum Gasteiger partial charge on any atom is 0.515 e. The molecule has 3 rings (SSSR count). The first-order valence-electron chi connectivity index (χ1n) is 7.33. The van der Waals surface area contributed by atoms with E-state index in [9.17, 15) is 4.79 Å². The molecular formula is C18H17NO4. The number of hydrogen-bond donors (Lipinski definition) is 0. The Hall–Kier alpha value is -2.82. The third-order valence-electron chi connectivity index (χ3n) is 3.76. The van der Waals surface area contributed by atoms with Gasteiger partial charge in [0, 0.05) is 0 Å². The number of carbonyl (C=O) groups excluding carboxylic acids is 1. The summed E-state index contributed by atoms with van der Waals surface area (Å²) in [5.74, 6) is 0.205. The lowest BCUT2D eigenvalue weighted by atomic mass is 9.82. The Balaban J connectivity index is 1.81. The summed E-state index contributed by atoms with van der Waals surface area (Å²) in [5.41, 5.74) is 1.25. The summed E-state index contributed by atoms with van der Waals surface area (Å²) >= 11 is 0. The van der Waals surface area contributed by atoms with Crippen LogP contribution >= 0.6 is 0 Å². The zero-order valence-electron chi connectivity index (χ0n) is 12.8. The predicted octanol–water partition coefficient (Wildman–Crippen LogP) is 3.64. The molecule has 0 bridgehead atoms. The first-order chi connectivity index (χ1) is 11.2. The predicted molar refractivity (Wildman–Crippen MR) is 84.9 cm³/mol. The molecule has 1 atom stereocenters. The molecule has 0 aromatic heterocycles. The zero-order chi connectivity index (χ0) is 16.1. The van der Waals surface area contributed by atoms with Gasteiger partial charge in [0.2, 0.25) is 0 Å². The van der Waals surface area contributed by atoms with Gasteiger partial charge in [0.15, 0.2) is 0 Å². The lowest BCUT2D eigenvalue weighted by Gasteiger charge is -2.32. The Morgan fingerprint density at radius 2 is 1.74 bits per heavy atom. The van der Waals surface area contributed by atoms with Crippen LogP contribution in [0.25, 0.3) is 0 Å². The lowest BCUT2D eigenvalue weighted by molar-refractivity contribution is 0.0442. The summed E-state index contributed by atoms with van der Waals surface area (Å²) in [6.07, 6.45) is -0.763. The molecule has 0 spiro atoms. The second-order valence-electron chi connectivity index (χ2n) is 5.49. The Labute approximate surface area is 134 Å². The average Bonchev–Trinajstić information content (AvgIpc) is 2.60. The van der Waals surface area contributed by atoms with E-state index < -0.39 is 11.6 Å². The second kappa shape index (κ2) is 6.52. The highest BCUT2D eigenvalue weighted by atomic mass is 16.7. The standard InChI is InChI=1S/C18H17NO4/c1-18(15-10-6-3-7-11-15)13-21-17(20)23-16(18)19-22-12-14-8-4-2-5-9-14/h2-11H,12-13H2,1H3/b19-16+/t18-/m0/s1. The molecule has 0 unspecified atom stereocenters. The summed E-state index contributed by atoms with van der Waals surface area (Å²) in [5, 5.41) is 4.05. The van der Waals surface area contributed by atoms with Crippen molar-refractivity contribution in [1.29, 1.82) is 0 Å². The summed E-state index contributed by atoms with van der Waals surface area (Å²) in [6, 6.07) is 19.3. The molecule has 5 nitrogen and oxygen atoms in total. The third kappa shape index (κ3) is 3.34. The van der Waals surface area contributed by atoms with Gasteiger partial charge < -0.3 is 14.3 Å². The molecule has 1 heterocycles. The molecule has 23 heavy (non-hydrogen) atoms. The highest BCUT2D eigenvalue weighted by Gasteiger charge is 2.42. The minimum absolute atomic E-state index is 0.156. The van der Waals surface area contributed by atoms with Gasteiger partial charge >= 0.3 is 6.16 Å². The smallest absolute Gasteiger partial charge is 0.432 e. The molecule has 0 radical (unpaired) electrons. The highest BCUT2D eigenvalue weighted by molar-refractivity contribution is 5.95. The normalized spacial score (nSPS) is 22.3. The molecule has 1 saturated heterocycles. The number of hydrogen-bond acceptors (Lipinski definition) is 5. The van der Waals surface area contributed by atoms with Gasteiger partial charge in [-0.3, -0.25) is 0 Å². The monoisotopic (exact) mass is 311 g/mol. The molecule has 0 aliphatic carbocycles. The molecular weight excluding hydrogens is 294 g/mol. The van der Waals surface area contributed by atoms with Crippen molar-refractivity contribution >= 4 is 12.1 Å². The molecule has 118 valence electrons. The van der Waals surface area contributed by atoms with E-state index in [-0.39, 0.29) is 12.5 Å². The first-order valence-corrected chi connectivity index (χ1v) is 7.33. The van der Waals surface area contributed by atoms with Crippen LogP contribution in [0.2, 0.25) is 0 Å². The summed E-state index contributed by atoms with van der Waals surface area (Å²) in [7, 11) is 0. The van der Waals surface area contributed by atoms with Crippen LogP contribution < -0.4 is 0 Å². The zero-order valence-corrected chi connectivity index (χ0v) is 12.8. The molecule has 1 fully saturated rings. The Morgan fingerprint density at radius 1 is 1.09 bits per heavy atom. The van der Waals surface area contributed by atoms with E-state index in [1.807, 2.05) is 67.6 Å². The van der Waals surface area contributed by atoms with Gasteiger partial charge in [0.1, 0.15) is 18.6 Å². The van der Waals surface area contributed by atoms with E-state index in [1.165, 1.54) is 0 Å². The molecule has 2 aromatic carbocycles. The van der Waals surface area contributed by atoms with E-state index in [0.29, 0.717) is 6.61 Å². The van der Waals surface area contributed by atoms with E-state index >= 15 is 0 Å². The Morgan fingerprint density at radius 3 is 2.43 bits per heavy atom. The topological polar surface area (TPSA) is 57.1 Å². The summed E-state index contributed by atoms with van der Waals surface area (Å²) in [6.45, 7) is 2.36. The minimum Gasteiger partial charge on any atom is -0.432 e. The van der Waals surface area contributed by atoms with Gasteiger partial charge in [-0.25, -0.2) is 4.79 Å². The minimum atomic E-state index is -0.763. The first kappa shape index (κ1) is 15.1. The molecule has 0 saturated carbocycles. The van der Waals surface area contributed by atoms with E-state index in [1.54, 1.807) is 0 Å². The van der Waals surface area contributed by atoms with Crippen molar-refractivity contribution in [2.45, 2.75) is 18.9 Å². The van der Waals surface area contributed by atoms with Crippen LogP contribution in [0.1, 0.15) is 18.1 Å². The number of nitrogens with zero attached hydrogens (tertiary/aromatic N) is 1. The molecule has 1 aliphatic rings. The van der Waals surface area contributed by atoms with E-state index in [2.05, 4.69) is 5.16 Å². The van der Waals surface area contributed by atoms with Gasteiger partial charge in [-0.1, -0.05) is 60.7 Å². The van der Waals surface area contributed by atoms with Crippen molar-refractivity contribution < 1.29 is 19.1 Å². The van der Waals surface area contributed by atoms with Gasteiger partial charge in [-0.2, -0.15) is 0 Å². The van der Waals surface area contributed by atoms with Gasteiger partial charge in [-0.05, 0) is 23.2 Å². The van der Waals surface area contributed by atoms with E-state index in [0.717, 1.165) is 11.1 Å². The SMILES string of the molecule is C[C@@]1(c2ccccc2)COC(=O)O/C1=N/OCc1ccccc1. The van der Waals surface area contributed by atoms with Crippen LogP contribution in [-0.4, -0.2) is 18.7 Å². The van der Waals surface area contributed by atoms with Crippen LogP contribution in [0.5, 0.6) is 0 Å². The van der Waals surface area contributed by atoms with Crippen LogP contribution in [0.3, 0.4) is 0 Å². The number of benzene rings is 2. The maximum atomic E-state index is 11.4. The van der Waals surface area contributed by atoms with Crippen molar-refractivity contribution in [1.82, 2.24) is 0 Å². The van der Waals surface area contributed by atoms with Crippen LogP contribution in [-0.2, 0) is 26.3 Å². The third-order valence-corrected chi connectivity index (χ3v) is 3.76. The van der Waals surface area contributed by atoms with Gasteiger partial charge in [0.25, 0.3) is 5.90 Å². The molecule has 0 N–H and O–H groups in total. The fourth-order valence-corrected chi connectivity index (χ4v) is 2.36. The molecule has 5 heteroatoms. The van der Waals surface area contributed by atoms with Gasteiger partial charge in [0.05, 0.1) is 0 Å². The average molecular weight is 311 g/mol. The molecule has 1 aliphatic heterocycles. The van der Waals surface area contributed by atoms with Crippen molar-refractivity contribution in [3.8, 4) is 0 Å². The van der Waals surface area contributed by atoms with Crippen LogP contribution in [0.15, 0.2) is 65.8 Å². The summed E-state index contributed by atoms with van der Waals surface area (Å²) < 4.78 is 10.2. The summed E-state index contributed by atoms with van der Waals surface area (Å²) in [4.78, 5) is 16.8. The van der Waals surface area contributed by atoms with Gasteiger partial charge in [-0.15, -0.1) is 0 Å². The highest BCUT2D eigenvalue weighted by Crippen LogP contribution is 2.30. The fourth-order valence-electron chi connectivity index (χ4n) is 2.36. The van der Waals surface area contributed by atoms with Crippen molar-refractivity contribution in [3.63, 3.8) is 0 Å². The largest absolute Gasteiger partial charge is 0.515 e. The van der Waals surface area contributed by atoms with Crippen LogP contribution in [0, 0.1) is 0 Å². The Kier molecular flexibility index (Phi) is 4.28. The molecule has 2 aromatic rings. The number of rotatable bonds is 4. The fraction of sp³-hybridized carbons (Fsp3) is 0.222.